The summed E-state index contributed by atoms with van der Waals surface area (Å²) in [5, 5.41) is 3.41. The SMILES string of the molecule is CC(C)(N)Cc1cccc(C2CCNC2)c1. The van der Waals surface area contributed by atoms with Gasteiger partial charge in [-0.15, -0.1) is 0 Å². The van der Waals surface area contributed by atoms with Gasteiger partial charge in [0.25, 0.3) is 0 Å². The summed E-state index contributed by atoms with van der Waals surface area (Å²) >= 11 is 0. The van der Waals surface area contributed by atoms with Gasteiger partial charge in [0.05, 0.1) is 0 Å². The van der Waals surface area contributed by atoms with Crippen LogP contribution in [0.25, 0.3) is 0 Å². The molecule has 1 aliphatic heterocycles. The highest BCUT2D eigenvalue weighted by molar-refractivity contribution is 5.28. The summed E-state index contributed by atoms with van der Waals surface area (Å²) in [6.07, 6.45) is 2.20. The number of nitrogens with two attached hydrogens (primary N) is 1. The standard InChI is InChI=1S/C14H22N2/c1-14(2,15)9-11-4-3-5-12(8-11)13-6-7-16-10-13/h3-5,8,13,16H,6-7,9-10,15H2,1-2H3. The summed E-state index contributed by atoms with van der Waals surface area (Å²) in [6, 6.07) is 8.91. The van der Waals surface area contributed by atoms with Crippen molar-refractivity contribution in [2.24, 2.45) is 5.73 Å². The van der Waals surface area contributed by atoms with Gasteiger partial charge < -0.3 is 11.1 Å². The zero-order valence-corrected chi connectivity index (χ0v) is 10.3. The minimum atomic E-state index is -0.119. The summed E-state index contributed by atoms with van der Waals surface area (Å²) in [5.41, 5.74) is 8.76. The van der Waals surface area contributed by atoms with Gasteiger partial charge in [0.1, 0.15) is 0 Å². The topological polar surface area (TPSA) is 38.0 Å². The summed E-state index contributed by atoms with van der Waals surface area (Å²) in [6.45, 7) is 6.43. The first-order chi connectivity index (χ1) is 7.54. The third-order valence-corrected chi connectivity index (χ3v) is 3.14. The highest BCUT2D eigenvalue weighted by Gasteiger charge is 2.17. The Labute approximate surface area is 98.2 Å². The first-order valence-electron chi connectivity index (χ1n) is 6.13. The molecule has 1 aromatic rings. The van der Waals surface area contributed by atoms with Gasteiger partial charge >= 0.3 is 0 Å². The van der Waals surface area contributed by atoms with Crippen molar-refractivity contribution in [3.63, 3.8) is 0 Å². The Hall–Kier alpha value is -0.860. The van der Waals surface area contributed by atoms with E-state index in [1.54, 1.807) is 0 Å². The van der Waals surface area contributed by atoms with Crippen LogP contribution in [0.5, 0.6) is 0 Å². The monoisotopic (exact) mass is 218 g/mol. The molecule has 88 valence electrons. The van der Waals surface area contributed by atoms with E-state index in [-0.39, 0.29) is 5.54 Å². The van der Waals surface area contributed by atoms with E-state index in [1.165, 1.54) is 17.5 Å². The average molecular weight is 218 g/mol. The van der Waals surface area contributed by atoms with Gasteiger partial charge in [-0.3, -0.25) is 0 Å². The molecule has 1 aromatic carbocycles. The average Bonchev–Trinajstić information content (AvgIpc) is 2.68. The van der Waals surface area contributed by atoms with E-state index in [2.05, 4.69) is 43.4 Å². The van der Waals surface area contributed by atoms with E-state index in [4.69, 9.17) is 5.73 Å². The highest BCUT2D eigenvalue weighted by atomic mass is 14.9. The molecule has 2 rings (SSSR count). The molecule has 2 heteroatoms. The minimum absolute atomic E-state index is 0.119. The van der Waals surface area contributed by atoms with Crippen LogP contribution in [0.4, 0.5) is 0 Å². The lowest BCUT2D eigenvalue weighted by Gasteiger charge is -2.19. The number of hydrogen-bond acceptors (Lipinski definition) is 2. The van der Waals surface area contributed by atoms with Crippen LogP contribution in [0.15, 0.2) is 24.3 Å². The van der Waals surface area contributed by atoms with Crippen LogP contribution in [0.1, 0.15) is 37.3 Å². The van der Waals surface area contributed by atoms with Crippen molar-refractivity contribution in [2.75, 3.05) is 13.1 Å². The van der Waals surface area contributed by atoms with Crippen LogP contribution in [-0.4, -0.2) is 18.6 Å². The van der Waals surface area contributed by atoms with Crippen LogP contribution in [0.2, 0.25) is 0 Å². The smallest absolute Gasteiger partial charge is 0.0138 e. The number of benzene rings is 1. The van der Waals surface area contributed by atoms with Gasteiger partial charge in [-0.2, -0.15) is 0 Å². The first-order valence-corrected chi connectivity index (χ1v) is 6.13. The van der Waals surface area contributed by atoms with Crippen molar-refractivity contribution >= 4 is 0 Å². The Kier molecular flexibility index (Phi) is 3.31. The molecule has 0 spiro atoms. The molecule has 0 radical (unpaired) electrons. The lowest BCUT2D eigenvalue weighted by Crippen LogP contribution is -2.34. The van der Waals surface area contributed by atoms with E-state index < -0.39 is 0 Å². The summed E-state index contributed by atoms with van der Waals surface area (Å²) in [7, 11) is 0. The predicted octanol–water partition coefficient (Wildman–Crippen LogP) is 2.04. The minimum Gasteiger partial charge on any atom is -0.325 e. The molecule has 3 N–H and O–H groups in total. The predicted molar refractivity (Wildman–Crippen MR) is 68.6 cm³/mol. The second-order valence-electron chi connectivity index (χ2n) is 5.60. The molecule has 16 heavy (non-hydrogen) atoms. The Morgan fingerprint density at radius 2 is 2.25 bits per heavy atom. The largest absolute Gasteiger partial charge is 0.325 e. The Bertz CT molecular complexity index is 346. The van der Waals surface area contributed by atoms with Crippen molar-refractivity contribution < 1.29 is 0 Å². The summed E-state index contributed by atoms with van der Waals surface area (Å²) in [4.78, 5) is 0. The van der Waals surface area contributed by atoms with Crippen LogP contribution < -0.4 is 11.1 Å². The maximum absolute atomic E-state index is 6.06. The van der Waals surface area contributed by atoms with Crippen molar-refractivity contribution in [3.05, 3.63) is 35.4 Å². The van der Waals surface area contributed by atoms with E-state index in [0.29, 0.717) is 5.92 Å². The highest BCUT2D eigenvalue weighted by Crippen LogP contribution is 2.23. The van der Waals surface area contributed by atoms with Crippen molar-refractivity contribution in [1.29, 1.82) is 0 Å². The molecule has 0 amide bonds. The van der Waals surface area contributed by atoms with Crippen molar-refractivity contribution in [3.8, 4) is 0 Å². The maximum atomic E-state index is 6.06. The first kappa shape index (κ1) is 11.6. The van der Waals surface area contributed by atoms with Crippen LogP contribution >= 0.6 is 0 Å². The zero-order chi connectivity index (χ0) is 11.6. The fourth-order valence-electron chi connectivity index (χ4n) is 2.42. The molecule has 0 bridgehead atoms. The lowest BCUT2D eigenvalue weighted by atomic mass is 9.91. The fraction of sp³-hybridized carbons (Fsp3) is 0.571. The zero-order valence-electron chi connectivity index (χ0n) is 10.3. The summed E-state index contributed by atoms with van der Waals surface area (Å²) in [5.74, 6) is 0.695. The normalized spacial score (nSPS) is 21.3. The Balaban J connectivity index is 2.12. The maximum Gasteiger partial charge on any atom is 0.0138 e. The molecule has 0 aromatic heterocycles. The van der Waals surface area contributed by atoms with Crippen LogP contribution in [0, 0.1) is 0 Å². The van der Waals surface area contributed by atoms with Crippen molar-refractivity contribution in [2.45, 2.75) is 38.1 Å². The molecule has 2 nitrogen and oxygen atoms in total. The molecule has 1 aliphatic rings. The second-order valence-corrected chi connectivity index (χ2v) is 5.60. The van der Waals surface area contributed by atoms with Crippen LogP contribution in [0.3, 0.4) is 0 Å². The van der Waals surface area contributed by atoms with E-state index in [9.17, 15) is 0 Å². The molecule has 1 unspecified atom stereocenters. The molecule has 1 heterocycles. The Morgan fingerprint density at radius 1 is 1.44 bits per heavy atom. The Morgan fingerprint density at radius 3 is 2.88 bits per heavy atom. The van der Waals surface area contributed by atoms with Crippen LogP contribution in [-0.2, 0) is 6.42 Å². The number of nitrogens with one attached hydrogen (secondary N) is 1. The van der Waals surface area contributed by atoms with Gasteiger partial charge in [0.15, 0.2) is 0 Å². The van der Waals surface area contributed by atoms with Crippen molar-refractivity contribution in [1.82, 2.24) is 5.32 Å². The fourth-order valence-corrected chi connectivity index (χ4v) is 2.42. The molecular weight excluding hydrogens is 196 g/mol. The molecular formula is C14H22N2. The number of rotatable bonds is 3. The number of hydrogen-bond donors (Lipinski definition) is 2. The van der Waals surface area contributed by atoms with Gasteiger partial charge in [-0.1, -0.05) is 24.3 Å². The van der Waals surface area contributed by atoms with Gasteiger partial charge in [0, 0.05) is 12.1 Å². The van der Waals surface area contributed by atoms with Gasteiger partial charge in [-0.05, 0) is 50.3 Å². The van der Waals surface area contributed by atoms with Gasteiger partial charge in [-0.25, -0.2) is 0 Å². The van der Waals surface area contributed by atoms with E-state index in [1.807, 2.05) is 0 Å². The molecule has 0 saturated carbocycles. The molecule has 1 saturated heterocycles. The molecule has 1 atom stereocenters. The second kappa shape index (κ2) is 4.56. The third kappa shape index (κ3) is 3.06. The van der Waals surface area contributed by atoms with Gasteiger partial charge in [0.2, 0.25) is 0 Å². The lowest BCUT2D eigenvalue weighted by molar-refractivity contribution is 0.516. The van der Waals surface area contributed by atoms with E-state index >= 15 is 0 Å². The quantitative estimate of drug-likeness (QED) is 0.815. The molecule has 1 fully saturated rings. The molecule has 0 aliphatic carbocycles. The van der Waals surface area contributed by atoms with E-state index in [0.717, 1.165) is 19.5 Å². The third-order valence-electron chi connectivity index (χ3n) is 3.14. The summed E-state index contributed by atoms with van der Waals surface area (Å²) < 4.78 is 0.